The van der Waals surface area contributed by atoms with Crippen LogP contribution in [0.15, 0.2) is 72.4 Å². The fourth-order valence-electron chi connectivity index (χ4n) is 3.66. The molecule has 2 heterocycles. The quantitative estimate of drug-likeness (QED) is 0.400. The molecule has 2 aliphatic rings. The lowest BCUT2D eigenvalue weighted by Gasteiger charge is -2.17. The monoisotopic (exact) mass is 460 g/mol. The van der Waals surface area contributed by atoms with E-state index in [1.54, 1.807) is 37.3 Å². The number of rotatable bonds is 5. The Morgan fingerprint density at radius 1 is 1.00 bits per heavy atom. The minimum atomic E-state index is -0.226. The Morgan fingerprint density at radius 2 is 1.73 bits per heavy atom. The number of benzene rings is 3. The molecule has 0 bridgehead atoms. The molecule has 7 nitrogen and oxygen atoms in total. The van der Waals surface area contributed by atoms with E-state index in [1.807, 2.05) is 54.6 Å². The molecule has 0 saturated carbocycles. The van der Waals surface area contributed by atoms with Crippen LogP contribution in [0, 0.1) is 0 Å². The molecule has 1 amide bonds. The topological polar surface area (TPSA) is 60.5 Å². The van der Waals surface area contributed by atoms with Crippen molar-refractivity contribution in [1.29, 1.82) is 0 Å². The number of ether oxygens (including phenoxy) is 4. The summed E-state index contributed by atoms with van der Waals surface area (Å²) < 4.78 is 22.2. The molecular weight excluding hydrogens is 440 g/mol. The molecule has 0 spiro atoms. The Hall–Kier alpha value is -4.04. The highest BCUT2D eigenvalue weighted by Crippen LogP contribution is 2.42. The molecule has 3 aromatic carbocycles. The molecule has 0 unspecified atom stereocenters. The first kappa shape index (κ1) is 20.8. The average molecular weight is 461 g/mol. The molecule has 0 aromatic heterocycles. The number of likely N-dealkylation sites (N-methyl/N-ethyl adjacent to an activating group) is 1. The summed E-state index contributed by atoms with van der Waals surface area (Å²) >= 11 is 5.57. The summed E-state index contributed by atoms with van der Waals surface area (Å²) in [5, 5.41) is 0.385. The highest BCUT2D eigenvalue weighted by atomic mass is 32.1. The van der Waals surface area contributed by atoms with Gasteiger partial charge in [0.25, 0.3) is 5.91 Å². The minimum Gasteiger partial charge on any atom is -0.493 e. The third kappa shape index (κ3) is 3.85. The van der Waals surface area contributed by atoms with E-state index in [0.29, 0.717) is 39.5 Å². The van der Waals surface area contributed by atoms with E-state index in [9.17, 15) is 4.79 Å². The highest BCUT2D eigenvalue weighted by molar-refractivity contribution is 7.80. The molecule has 5 rings (SSSR count). The van der Waals surface area contributed by atoms with Gasteiger partial charge in [0.2, 0.25) is 12.5 Å². The maximum atomic E-state index is 13.3. The number of fused-ring (bicyclic) bond motifs is 1. The fourth-order valence-corrected chi connectivity index (χ4v) is 3.95. The van der Waals surface area contributed by atoms with Gasteiger partial charge in [-0.3, -0.25) is 9.69 Å². The van der Waals surface area contributed by atoms with Gasteiger partial charge in [-0.2, -0.15) is 0 Å². The zero-order chi connectivity index (χ0) is 22.9. The standard InChI is InChI=1S/C25H20N2O5S/c1-26-20(12-16-13-21(29-2)23-22(14-16)30-15-31-23)24(28)27(25(26)33)17-8-10-19(11-9-17)32-18-6-4-3-5-7-18/h3-14H,15H2,1-2H3. The van der Waals surface area contributed by atoms with Crippen molar-refractivity contribution in [3.8, 4) is 28.7 Å². The van der Waals surface area contributed by atoms with Gasteiger partial charge in [-0.05, 0) is 72.4 Å². The van der Waals surface area contributed by atoms with E-state index >= 15 is 0 Å². The van der Waals surface area contributed by atoms with Crippen LogP contribution in [0.2, 0.25) is 0 Å². The second kappa shape index (κ2) is 8.48. The molecule has 0 N–H and O–H groups in total. The second-order valence-electron chi connectivity index (χ2n) is 7.38. The van der Waals surface area contributed by atoms with Crippen molar-refractivity contribution in [1.82, 2.24) is 4.90 Å². The zero-order valence-corrected chi connectivity index (χ0v) is 18.8. The molecule has 0 radical (unpaired) electrons. The number of carbonyl (C=O) groups is 1. The van der Waals surface area contributed by atoms with Gasteiger partial charge in [-0.25, -0.2) is 0 Å². The normalized spacial score (nSPS) is 16.0. The molecule has 2 aliphatic heterocycles. The molecule has 8 heteroatoms. The third-order valence-corrected chi connectivity index (χ3v) is 5.78. The number of thiocarbonyl (C=S) groups is 1. The van der Waals surface area contributed by atoms with Crippen LogP contribution in [0.25, 0.3) is 6.08 Å². The highest BCUT2D eigenvalue weighted by Gasteiger charge is 2.37. The van der Waals surface area contributed by atoms with E-state index in [0.717, 1.165) is 11.3 Å². The number of nitrogens with zero attached hydrogens (tertiary/aromatic N) is 2. The number of amides is 1. The van der Waals surface area contributed by atoms with Gasteiger partial charge in [0.05, 0.1) is 12.8 Å². The van der Waals surface area contributed by atoms with Gasteiger partial charge in [0.1, 0.15) is 17.2 Å². The smallest absolute Gasteiger partial charge is 0.281 e. The van der Waals surface area contributed by atoms with Crippen LogP contribution >= 0.6 is 12.2 Å². The predicted octanol–water partition coefficient (Wildman–Crippen LogP) is 4.82. The fraction of sp³-hybridized carbons (Fsp3) is 0.120. The average Bonchev–Trinajstić information content (AvgIpc) is 3.39. The lowest BCUT2D eigenvalue weighted by molar-refractivity contribution is -0.114. The molecule has 3 aromatic rings. The van der Waals surface area contributed by atoms with E-state index in [-0.39, 0.29) is 12.7 Å². The molecule has 1 fully saturated rings. The van der Waals surface area contributed by atoms with Crippen molar-refractivity contribution in [2.75, 3.05) is 25.9 Å². The Morgan fingerprint density at radius 3 is 2.45 bits per heavy atom. The summed E-state index contributed by atoms with van der Waals surface area (Å²) in [6.07, 6.45) is 1.76. The van der Waals surface area contributed by atoms with Crippen LogP contribution < -0.4 is 23.8 Å². The van der Waals surface area contributed by atoms with Crippen LogP contribution in [-0.2, 0) is 4.79 Å². The maximum Gasteiger partial charge on any atom is 0.281 e. The molecule has 0 aliphatic carbocycles. The van der Waals surface area contributed by atoms with E-state index in [2.05, 4.69) is 0 Å². The first-order valence-electron chi connectivity index (χ1n) is 10.2. The van der Waals surface area contributed by atoms with Crippen molar-refractivity contribution in [2.45, 2.75) is 0 Å². The first-order valence-corrected chi connectivity index (χ1v) is 10.6. The van der Waals surface area contributed by atoms with E-state index < -0.39 is 0 Å². The molecule has 0 atom stereocenters. The van der Waals surface area contributed by atoms with Crippen molar-refractivity contribution >= 4 is 35.0 Å². The zero-order valence-electron chi connectivity index (χ0n) is 18.0. The third-order valence-electron chi connectivity index (χ3n) is 5.32. The maximum absolute atomic E-state index is 13.3. The van der Waals surface area contributed by atoms with Gasteiger partial charge in [0, 0.05) is 7.05 Å². The summed E-state index contributed by atoms with van der Waals surface area (Å²) in [5.41, 5.74) is 1.83. The number of hydrogen-bond acceptors (Lipinski definition) is 6. The largest absolute Gasteiger partial charge is 0.493 e. The number of carbonyl (C=O) groups excluding carboxylic acids is 1. The van der Waals surface area contributed by atoms with E-state index in [4.69, 9.17) is 31.2 Å². The number of methoxy groups -OCH3 is 1. The molecule has 33 heavy (non-hydrogen) atoms. The summed E-state index contributed by atoms with van der Waals surface area (Å²) in [7, 11) is 3.33. The van der Waals surface area contributed by atoms with Crippen LogP contribution in [0.4, 0.5) is 5.69 Å². The van der Waals surface area contributed by atoms with Gasteiger partial charge in [0.15, 0.2) is 16.6 Å². The summed E-state index contributed by atoms with van der Waals surface area (Å²) in [4.78, 5) is 16.5. The molecule has 166 valence electrons. The van der Waals surface area contributed by atoms with E-state index in [1.165, 1.54) is 4.90 Å². The minimum absolute atomic E-state index is 0.131. The predicted molar refractivity (Wildman–Crippen MR) is 128 cm³/mol. The SMILES string of the molecule is COc1cc(C=C2C(=O)N(c3ccc(Oc4ccccc4)cc3)C(=S)N2C)cc2c1OCO2. The Bertz CT molecular complexity index is 1260. The second-order valence-corrected chi connectivity index (χ2v) is 7.74. The van der Waals surface area contributed by atoms with Gasteiger partial charge < -0.3 is 23.8 Å². The van der Waals surface area contributed by atoms with Crippen LogP contribution in [0.1, 0.15) is 5.56 Å². The summed E-state index contributed by atoms with van der Waals surface area (Å²) in [6, 6.07) is 20.3. The van der Waals surface area contributed by atoms with Crippen LogP contribution in [0.5, 0.6) is 28.7 Å². The number of para-hydroxylation sites is 1. The number of anilines is 1. The molecular formula is C25H20N2O5S. The van der Waals surface area contributed by atoms with Crippen molar-refractivity contribution in [3.63, 3.8) is 0 Å². The lowest BCUT2D eigenvalue weighted by atomic mass is 10.1. The molecule has 1 saturated heterocycles. The van der Waals surface area contributed by atoms with Crippen LogP contribution in [-0.4, -0.2) is 36.9 Å². The summed E-state index contributed by atoms with van der Waals surface area (Å²) in [6.45, 7) is 0.131. The van der Waals surface area contributed by atoms with Crippen LogP contribution in [0.3, 0.4) is 0 Å². The van der Waals surface area contributed by atoms with Crippen molar-refractivity contribution in [3.05, 3.63) is 78.0 Å². The van der Waals surface area contributed by atoms with Gasteiger partial charge in [-0.1, -0.05) is 18.2 Å². The Kier molecular flexibility index (Phi) is 5.35. The Balaban J connectivity index is 1.41. The lowest BCUT2D eigenvalue weighted by Crippen LogP contribution is -2.31. The Labute approximate surface area is 196 Å². The van der Waals surface area contributed by atoms with Crippen molar-refractivity contribution < 1.29 is 23.7 Å². The first-order chi connectivity index (χ1) is 16.0. The van der Waals surface area contributed by atoms with Gasteiger partial charge >= 0.3 is 0 Å². The van der Waals surface area contributed by atoms with Crippen molar-refractivity contribution in [2.24, 2.45) is 0 Å². The summed E-state index contributed by atoms with van der Waals surface area (Å²) in [5.74, 6) is 2.85. The number of hydrogen-bond donors (Lipinski definition) is 0. The van der Waals surface area contributed by atoms with Gasteiger partial charge in [-0.15, -0.1) is 0 Å².